The average Bonchev–Trinajstić information content (AvgIpc) is 2.54. The van der Waals surface area contributed by atoms with Gasteiger partial charge in [-0.25, -0.2) is 0 Å². The van der Waals surface area contributed by atoms with E-state index in [-0.39, 0.29) is 5.43 Å². The van der Waals surface area contributed by atoms with Gasteiger partial charge in [0, 0.05) is 5.39 Å². The molecule has 50 valence electrons. The van der Waals surface area contributed by atoms with Crippen molar-refractivity contribution in [2.24, 2.45) is 0 Å². The van der Waals surface area contributed by atoms with Crippen LogP contribution in [0, 0.1) is 0 Å². The summed E-state index contributed by atoms with van der Waals surface area (Å²) >= 11 is 11.3. The highest BCUT2D eigenvalue weighted by Gasteiger charge is 2.17. The molecule has 0 fully saturated rings. The van der Waals surface area contributed by atoms with E-state index < -0.39 is 0 Å². The third-order valence-corrected chi connectivity index (χ3v) is 2.31. The predicted molar refractivity (Wildman–Crippen MR) is 42.6 cm³/mol. The van der Waals surface area contributed by atoms with E-state index in [9.17, 15) is 4.79 Å². The van der Waals surface area contributed by atoms with E-state index in [1.54, 1.807) is 12.1 Å². The van der Waals surface area contributed by atoms with Crippen LogP contribution in [0.1, 0.15) is 0 Å². The normalized spacial score (nSPS) is 11.4. The Kier molecular flexibility index (Phi) is 1.08. The van der Waals surface area contributed by atoms with Crippen LogP contribution in [0.2, 0.25) is 10.0 Å². The van der Waals surface area contributed by atoms with E-state index in [4.69, 9.17) is 23.2 Å². The zero-order valence-corrected chi connectivity index (χ0v) is 6.33. The molecule has 0 aliphatic heterocycles. The summed E-state index contributed by atoms with van der Waals surface area (Å²) in [5, 5.41) is 2.14. The lowest BCUT2D eigenvalue weighted by molar-refractivity contribution is 1.88. The molecule has 10 heavy (non-hydrogen) atoms. The number of hydrogen-bond donors (Lipinski definition) is 0. The van der Waals surface area contributed by atoms with Gasteiger partial charge in [-0.05, 0) is 12.1 Å². The number of hydrogen-bond acceptors (Lipinski definition) is 1. The first-order valence-electron chi connectivity index (χ1n) is 2.74. The van der Waals surface area contributed by atoms with Crippen molar-refractivity contribution < 1.29 is 0 Å². The molecule has 0 spiro atoms. The minimum atomic E-state index is 0.0249. The van der Waals surface area contributed by atoms with Crippen LogP contribution in [-0.4, -0.2) is 0 Å². The second kappa shape index (κ2) is 1.74. The third-order valence-electron chi connectivity index (χ3n) is 1.50. The molecule has 2 aromatic carbocycles. The van der Waals surface area contributed by atoms with Gasteiger partial charge in [-0.1, -0.05) is 23.2 Å². The molecule has 0 amide bonds. The van der Waals surface area contributed by atoms with Gasteiger partial charge in [0.25, 0.3) is 0 Å². The van der Waals surface area contributed by atoms with Crippen LogP contribution in [0.3, 0.4) is 0 Å². The fourth-order valence-electron chi connectivity index (χ4n) is 0.910. The van der Waals surface area contributed by atoms with Crippen LogP contribution < -0.4 is 5.43 Å². The molecular weight excluding hydrogens is 171 g/mol. The molecule has 2 rings (SSSR count). The fourth-order valence-corrected chi connectivity index (χ4v) is 1.32. The molecule has 0 aliphatic carbocycles. The van der Waals surface area contributed by atoms with Gasteiger partial charge in [0.2, 0.25) is 0 Å². The van der Waals surface area contributed by atoms with Crippen molar-refractivity contribution in [1.29, 1.82) is 0 Å². The molecule has 3 heteroatoms. The van der Waals surface area contributed by atoms with Gasteiger partial charge in [0.1, 0.15) is 0 Å². The Bertz CT molecular complexity index is 410. The van der Waals surface area contributed by atoms with E-state index in [0.717, 1.165) is 0 Å². The smallest absolute Gasteiger partial charge is 0.196 e. The van der Waals surface area contributed by atoms with Crippen LogP contribution in [0.5, 0.6) is 0 Å². The van der Waals surface area contributed by atoms with Crippen molar-refractivity contribution in [3.63, 3.8) is 0 Å². The lowest BCUT2D eigenvalue weighted by Crippen LogP contribution is -1.68. The van der Waals surface area contributed by atoms with E-state index in [1.165, 1.54) is 0 Å². The third kappa shape index (κ3) is 0.619. The highest BCUT2D eigenvalue weighted by molar-refractivity contribution is 6.46. The second-order valence-corrected chi connectivity index (χ2v) is 2.90. The lowest BCUT2D eigenvalue weighted by Gasteiger charge is -1.86. The van der Waals surface area contributed by atoms with E-state index in [0.29, 0.717) is 20.8 Å². The van der Waals surface area contributed by atoms with Gasteiger partial charge in [-0.15, -0.1) is 0 Å². The quantitative estimate of drug-likeness (QED) is 0.597. The molecule has 0 saturated carbocycles. The van der Waals surface area contributed by atoms with Crippen molar-refractivity contribution in [3.8, 4) is 0 Å². The zero-order valence-electron chi connectivity index (χ0n) is 4.82. The molecule has 0 aliphatic rings. The summed E-state index contributed by atoms with van der Waals surface area (Å²) in [6.07, 6.45) is 0. The van der Waals surface area contributed by atoms with Gasteiger partial charge in [-0.3, -0.25) is 4.79 Å². The van der Waals surface area contributed by atoms with Crippen LogP contribution in [0.25, 0.3) is 10.8 Å². The zero-order chi connectivity index (χ0) is 7.30. The first kappa shape index (κ1) is 6.20. The van der Waals surface area contributed by atoms with E-state index >= 15 is 0 Å². The Labute approximate surface area is 66.8 Å². The van der Waals surface area contributed by atoms with Gasteiger partial charge in [-0.2, -0.15) is 0 Å². The van der Waals surface area contributed by atoms with Crippen LogP contribution in [0.4, 0.5) is 0 Å². The summed E-state index contributed by atoms with van der Waals surface area (Å²) in [7, 11) is 0. The first-order chi connectivity index (χ1) is 4.72. The molecule has 0 heterocycles. The molecule has 0 saturated heterocycles. The number of rotatable bonds is 0. The van der Waals surface area contributed by atoms with E-state index in [2.05, 4.69) is 0 Å². The van der Waals surface area contributed by atoms with Gasteiger partial charge in [0.05, 0.1) is 15.4 Å². The molecule has 2 aromatic rings. The van der Waals surface area contributed by atoms with E-state index in [1.807, 2.05) is 0 Å². The van der Waals surface area contributed by atoms with Crippen LogP contribution in [-0.2, 0) is 0 Å². The topological polar surface area (TPSA) is 17.1 Å². The highest BCUT2D eigenvalue weighted by atomic mass is 35.5. The maximum Gasteiger partial charge on any atom is 0.196 e. The number of fused-ring (bicyclic) bond motifs is 1. The van der Waals surface area contributed by atoms with Gasteiger partial charge >= 0.3 is 0 Å². The summed E-state index contributed by atoms with van der Waals surface area (Å²) in [6, 6.07) is 3.32. The summed E-state index contributed by atoms with van der Waals surface area (Å²) in [6.45, 7) is 0. The summed E-state index contributed by atoms with van der Waals surface area (Å²) in [4.78, 5) is 10.8. The van der Waals surface area contributed by atoms with Gasteiger partial charge in [0.15, 0.2) is 5.43 Å². The molecular formula is C7H2Cl2O. The number of halogens is 2. The summed E-state index contributed by atoms with van der Waals surface area (Å²) in [5.74, 6) is 0. The molecule has 0 atom stereocenters. The predicted octanol–water partition coefficient (Wildman–Crippen LogP) is 2.38. The van der Waals surface area contributed by atoms with Crippen molar-refractivity contribution in [2.45, 2.75) is 0 Å². The van der Waals surface area contributed by atoms with Crippen molar-refractivity contribution >= 4 is 34.0 Å². The molecule has 1 nitrogen and oxygen atoms in total. The summed E-state index contributed by atoms with van der Waals surface area (Å²) < 4.78 is 0. The second-order valence-electron chi connectivity index (χ2n) is 2.11. The minimum Gasteiger partial charge on any atom is -0.289 e. The standard InChI is InChI=1S/C7H2Cl2O/c8-4-2-1-3-5(6(4)9)7(3)10/h1-2H. The average molecular weight is 173 g/mol. The Morgan fingerprint density at radius 2 is 1.90 bits per heavy atom. The lowest BCUT2D eigenvalue weighted by atomic mass is 10.4. The molecule has 0 bridgehead atoms. The monoisotopic (exact) mass is 172 g/mol. The van der Waals surface area contributed by atoms with Crippen LogP contribution in [0.15, 0.2) is 16.9 Å². The van der Waals surface area contributed by atoms with Crippen molar-refractivity contribution in [1.82, 2.24) is 0 Å². The van der Waals surface area contributed by atoms with Crippen molar-refractivity contribution in [2.75, 3.05) is 0 Å². The van der Waals surface area contributed by atoms with Crippen molar-refractivity contribution in [3.05, 3.63) is 32.4 Å². The Balaban J connectivity index is 2.93. The summed E-state index contributed by atoms with van der Waals surface area (Å²) in [5.41, 5.74) is 0.0249. The molecule has 0 N–H and O–H groups in total. The maximum absolute atomic E-state index is 10.8. The molecule has 0 unspecified atom stereocenters. The SMILES string of the molecule is O=c1c2ccc(Cl)c(Cl)c12. The molecule has 0 radical (unpaired) electrons. The number of benzene rings is 1. The molecule has 0 aromatic heterocycles. The first-order valence-corrected chi connectivity index (χ1v) is 3.50. The van der Waals surface area contributed by atoms with Crippen LogP contribution >= 0.6 is 23.2 Å². The fraction of sp³-hybridized carbons (Fsp3) is 0. The Morgan fingerprint density at radius 1 is 1.20 bits per heavy atom. The highest BCUT2D eigenvalue weighted by Crippen LogP contribution is 2.31. The largest absolute Gasteiger partial charge is 0.289 e. The minimum absolute atomic E-state index is 0.0249. The van der Waals surface area contributed by atoms with Gasteiger partial charge < -0.3 is 0 Å². The Morgan fingerprint density at radius 3 is 2.50 bits per heavy atom. The maximum atomic E-state index is 10.8. The Hall–Kier alpha value is -0.530.